The Kier molecular flexibility index (Phi) is 3.30. The lowest BCUT2D eigenvalue weighted by molar-refractivity contribution is 0.981. The van der Waals surface area contributed by atoms with Crippen LogP contribution in [0.2, 0.25) is 5.02 Å². The molecule has 2 nitrogen and oxygen atoms in total. The van der Waals surface area contributed by atoms with Crippen LogP contribution >= 0.6 is 11.6 Å². The highest BCUT2D eigenvalue weighted by Gasteiger charge is 2.06. The minimum absolute atomic E-state index is 0.771. The zero-order valence-corrected chi connectivity index (χ0v) is 10.3. The van der Waals surface area contributed by atoms with Crippen LogP contribution in [0.15, 0.2) is 24.4 Å². The molecule has 2 aromatic rings. The van der Waals surface area contributed by atoms with Crippen LogP contribution in [0.3, 0.4) is 0 Å². The molecule has 0 saturated carbocycles. The molecule has 0 radical (unpaired) electrons. The Bertz CT molecular complexity index is 509. The van der Waals surface area contributed by atoms with Gasteiger partial charge < -0.3 is 5.32 Å². The Hall–Kier alpha value is -1.28. The summed E-state index contributed by atoms with van der Waals surface area (Å²) < 4.78 is 0. The number of nitrogens with one attached hydrogen (secondary N) is 1. The van der Waals surface area contributed by atoms with Gasteiger partial charge in [-0.15, -0.1) is 0 Å². The molecule has 1 aromatic heterocycles. The summed E-state index contributed by atoms with van der Waals surface area (Å²) in [5, 5.41) is 5.31. The number of rotatable bonds is 3. The summed E-state index contributed by atoms with van der Waals surface area (Å²) in [6.45, 7) is 5.13. The molecular weight excluding hydrogens is 220 g/mol. The molecule has 3 heteroatoms. The number of anilines is 1. The average Bonchev–Trinajstić information content (AvgIpc) is 2.31. The number of benzene rings is 1. The third-order valence-corrected chi connectivity index (χ3v) is 3.07. The zero-order chi connectivity index (χ0) is 11.5. The summed E-state index contributed by atoms with van der Waals surface area (Å²) in [6.07, 6.45) is 2.93. The lowest BCUT2D eigenvalue weighted by Crippen LogP contribution is -2.01. The molecule has 1 aromatic carbocycles. The number of aromatic nitrogens is 1. The van der Waals surface area contributed by atoms with Crippen LogP contribution in [0, 0.1) is 6.92 Å². The normalized spacial score (nSPS) is 10.7. The van der Waals surface area contributed by atoms with Gasteiger partial charge in [0.25, 0.3) is 0 Å². The van der Waals surface area contributed by atoms with Gasteiger partial charge in [0.1, 0.15) is 0 Å². The molecule has 2 rings (SSSR count). The second-order valence-electron chi connectivity index (χ2n) is 3.85. The number of hydrogen-bond acceptors (Lipinski definition) is 2. The van der Waals surface area contributed by atoms with Crippen molar-refractivity contribution < 1.29 is 0 Å². The number of halogens is 1. The number of pyridine rings is 1. The van der Waals surface area contributed by atoms with Gasteiger partial charge in [-0.1, -0.05) is 18.5 Å². The summed E-state index contributed by atoms with van der Waals surface area (Å²) in [6, 6.07) is 5.96. The van der Waals surface area contributed by atoms with Gasteiger partial charge in [-0.3, -0.25) is 4.98 Å². The van der Waals surface area contributed by atoms with E-state index in [2.05, 4.69) is 17.2 Å². The Morgan fingerprint density at radius 3 is 2.88 bits per heavy atom. The highest BCUT2D eigenvalue weighted by atomic mass is 35.5. The van der Waals surface area contributed by atoms with Crippen LogP contribution in [0.4, 0.5) is 5.69 Å². The maximum absolute atomic E-state index is 6.08. The predicted molar refractivity (Wildman–Crippen MR) is 70.3 cm³/mol. The first kappa shape index (κ1) is 11.2. The molecule has 0 aliphatic heterocycles. The van der Waals surface area contributed by atoms with Gasteiger partial charge in [0.15, 0.2) is 0 Å². The molecule has 0 saturated heterocycles. The van der Waals surface area contributed by atoms with Gasteiger partial charge in [0.05, 0.1) is 5.52 Å². The summed E-state index contributed by atoms with van der Waals surface area (Å²) >= 11 is 6.08. The van der Waals surface area contributed by atoms with E-state index in [9.17, 15) is 0 Å². The van der Waals surface area contributed by atoms with Gasteiger partial charge in [0.2, 0.25) is 0 Å². The van der Waals surface area contributed by atoms with E-state index in [1.165, 1.54) is 0 Å². The van der Waals surface area contributed by atoms with E-state index in [0.717, 1.165) is 40.1 Å². The highest BCUT2D eigenvalue weighted by Crippen LogP contribution is 2.28. The molecule has 16 heavy (non-hydrogen) atoms. The molecule has 84 valence electrons. The average molecular weight is 235 g/mol. The van der Waals surface area contributed by atoms with Crippen molar-refractivity contribution in [3.05, 3.63) is 35.0 Å². The second-order valence-corrected chi connectivity index (χ2v) is 4.26. The van der Waals surface area contributed by atoms with E-state index in [1.54, 1.807) is 0 Å². The molecular formula is C13H15ClN2. The minimum atomic E-state index is 0.771. The first-order chi connectivity index (χ1) is 7.74. The van der Waals surface area contributed by atoms with E-state index in [0.29, 0.717) is 0 Å². The van der Waals surface area contributed by atoms with Crippen LogP contribution in [-0.2, 0) is 0 Å². The number of nitrogens with zero attached hydrogens (tertiary/aromatic N) is 1. The minimum Gasteiger partial charge on any atom is -0.384 e. The maximum Gasteiger partial charge on any atom is 0.0766 e. The van der Waals surface area contributed by atoms with Gasteiger partial charge in [-0.25, -0.2) is 0 Å². The van der Waals surface area contributed by atoms with E-state index in [-0.39, 0.29) is 0 Å². The Morgan fingerprint density at radius 2 is 2.12 bits per heavy atom. The lowest BCUT2D eigenvalue weighted by atomic mass is 10.1. The van der Waals surface area contributed by atoms with E-state index in [1.807, 2.05) is 31.3 Å². The second kappa shape index (κ2) is 4.71. The summed E-state index contributed by atoms with van der Waals surface area (Å²) in [5.41, 5.74) is 3.15. The lowest BCUT2D eigenvalue weighted by Gasteiger charge is -2.10. The third-order valence-electron chi connectivity index (χ3n) is 2.67. The van der Waals surface area contributed by atoms with Crippen LogP contribution in [0.1, 0.15) is 18.9 Å². The van der Waals surface area contributed by atoms with Gasteiger partial charge in [-0.2, -0.15) is 0 Å². The van der Waals surface area contributed by atoms with Crippen molar-refractivity contribution in [1.82, 2.24) is 4.98 Å². The fourth-order valence-electron chi connectivity index (χ4n) is 1.75. The fourth-order valence-corrected chi connectivity index (χ4v) is 1.90. The van der Waals surface area contributed by atoms with E-state index >= 15 is 0 Å². The zero-order valence-electron chi connectivity index (χ0n) is 9.55. The van der Waals surface area contributed by atoms with Crippen molar-refractivity contribution in [3.63, 3.8) is 0 Å². The molecule has 0 bridgehead atoms. The van der Waals surface area contributed by atoms with E-state index in [4.69, 9.17) is 11.6 Å². The fraction of sp³-hybridized carbons (Fsp3) is 0.308. The van der Waals surface area contributed by atoms with Crippen LogP contribution < -0.4 is 5.32 Å². The number of hydrogen-bond donors (Lipinski definition) is 1. The van der Waals surface area contributed by atoms with Crippen molar-refractivity contribution in [2.45, 2.75) is 20.3 Å². The smallest absolute Gasteiger partial charge is 0.0766 e. The third kappa shape index (κ3) is 1.98. The Balaban J connectivity index is 2.56. The maximum atomic E-state index is 6.08. The predicted octanol–water partition coefficient (Wildman–Crippen LogP) is 4.02. The van der Waals surface area contributed by atoms with Crippen molar-refractivity contribution in [2.24, 2.45) is 0 Å². The standard InChI is InChI=1S/C13H15ClN2/c1-3-7-15-12-6-8-16-13-9(2)11(14)5-4-10(12)13/h4-6,8H,3,7H2,1-2H3,(H,15,16). The molecule has 1 heterocycles. The largest absolute Gasteiger partial charge is 0.384 e. The first-order valence-corrected chi connectivity index (χ1v) is 5.89. The number of aryl methyl sites for hydroxylation is 1. The van der Waals surface area contributed by atoms with Crippen LogP contribution in [-0.4, -0.2) is 11.5 Å². The van der Waals surface area contributed by atoms with Crippen molar-refractivity contribution >= 4 is 28.2 Å². The molecule has 0 spiro atoms. The molecule has 0 atom stereocenters. The number of fused-ring (bicyclic) bond motifs is 1. The monoisotopic (exact) mass is 234 g/mol. The molecule has 0 aliphatic carbocycles. The van der Waals surface area contributed by atoms with Crippen molar-refractivity contribution in [2.75, 3.05) is 11.9 Å². The summed E-state index contributed by atoms with van der Waals surface area (Å²) in [4.78, 5) is 4.39. The highest BCUT2D eigenvalue weighted by molar-refractivity contribution is 6.32. The Morgan fingerprint density at radius 1 is 1.31 bits per heavy atom. The van der Waals surface area contributed by atoms with Gasteiger partial charge in [-0.05, 0) is 37.1 Å². The molecule has 0 aliphatic rings. The van der Waals surface area contributed by atoms with Gasteiger partial charge >= 0.3 is 0 Å². The van der Waals surface area contributed by atoms with Crippen molar-refractivity contribution in [3.8, 4) is 0 Å². The summed E-state index contributed by atoms with van der Waals surface area (Å²) in [5.74, 6) is 0. The molecule has 0 unspecified atom stereocenters. The SMILES string of the molecule is CCCNc1ccnc2c(C)c(Cl)ccc12. The van der Waals surface area contributed by atoms with Crippen molar-refractivity contribution in [1.29, 1.82) is 0 Å². The first-order valence-electron chi connectivity index (χ1n) is 5.51. The van der Waals surface area contributed by atoms with E-state index < -0.39 is 0 Å². The topological polar surface area (TPSA) is 24.9 Å². The Labute approximate surface area is 101 Å². The van der Waals surface area contributed by atoms with Crippen LogP contribution in [0.5, 0.6) is 0 Å². The van der Waals surface area contributed by atoms with Gasteiger partial charge in [0, 0.05) is 28.8 Å². The molecule has 0 fully saturated rings. The molecule has 1 N–H and O–H groups in total. The van der Waals surface area contributed by atoms with Crippen LogP contribution in [0.25, 0.3) is 10.9 Å². The molecule has 0 amide bonds. The quantitative estimate of drug-likeness (QED) is 0.868. The summed E-state index contributed by atoms with van der Waals surface area (Å²) in [7, 11) is 0.